The largest absolute Gasteiger partial charge is 0.369 e. The predicted molar refractivity (Wildman–Crippen MR) is 134 cm³/mol. The summed E-state index contributed by atoms with van der Waals surface area (Å²) < 4.78 is 7.37. The molecule has 0 amide bonds. The zero-order valence-corrected chi connectivity index (χ0v) is 21.9. The van der Waals surface area contributed by atoms with Gasteiger partial charge in [0.05, 0.1) is 11.7 Å². The lowest BCUT2D eigenvalue weighted by atomic mass is 9.56. The number of carbonyl (C=O) groups is 1. The zero-order valence-electron chi connectivity index (χ0n) is 21.9. The Morgan fingerprint density at radius 1 is 1.15 bits per heavy atom. The summed E-state index contributed by atoms with van der Waals surface area (Å²) in [6.07, 6.45) is 13.4. The van der Waals surface area contributed by atoms with Crippen LogP contribution in [0.5, 0.6) is 0 Å². The summed E-state index contributed by atoms with van der Waals surface area (Å²) >= 11 is 0. The second-order valence-corrected chi connectivity index (χ2v) is 14.3. The third kappa shape index (κ3) is 2.49. The van der Waals surface area contributed by atoms with E-state index in [1.54, 1.807) is 0 Å². The summed E-state index contributed by atoms with van der Waals surface area (Å²) in [6.45, 7) is 13.1. The lowest BCUT2D eigenvalue weighted by Gasteiger charge is -2.50. The van der Waals surface area contributed by atoms with Gasteiger partial charge in [-0.25, -0.2) is 0 Å². The minimum absolute atomic E-state index is 0.0470. The summed E-state index contributed by atoms with van der Waals surface area (Å²) in [5.74, 6) is 4.17. The molecule has 2 saturated heterocycles. The van der Waals surface area contributed by atoms with Gasteiger partial charge in [-0.1, -0.05) is 33.3 Å². The van der Waals surface area contributed by atoms with Gasteiger partial charge in [0.15, 0.2) is 5.78 Å². The van der Waals surface area contributed by atoms with E-state index in [1.807, 2.05) is 0 Å². The molecule has 2 N–H and O–H groups in total. The first-order valence-electron chi connectivity index (χ1n) is 14.5. The fourth-order valence-electron chi connectivity index (χ4n) is 11.8. The maximum atomic E-state index is 12.2. The van der Waals surface area contributed by atoms with E-state index in [2.05, 4.69) is 38.7 Å². The third-order valence-corrected chi connectivity index (χ3v) is 13.3. The maximum absolute atomic E-state index is 12.2. The average Bonchev–Trinajstić information content (AvgIpc) is 3.13. The van der Waals surface area contributed by atoms with Gasteiger partial charge in [-0.15, -0.1) is 0 Å². The lowest BCUT2D eigenvalue weighted by Crippen LogP contribution is -2.55. The van der Waals surface area contributed by atoms with E-state index in [-0.39, 0.29) is 11.0 Å². The Kier molecular flexibility index (Phi) is 4.62. The molecule has 4 heteroatoms. The summed E-state index contributed by atoms with van der Waals surface area (Å²) in [6, 6.07) is 0.547. The lowest BCUT2D eigenvalue weighted by molar-refractivity contribution is -0.148. The molecule has 34 heavy (non-hydrogen) atoms. The topological polar surface area (TPSA) is 55.6 Å². The number of hydrogen-bond acceptors (Lipinski definition) is 4. The van der Waals surface area contributed by atoms with Crippen LogP contribution in [0.25, 0.3) is 0 Å². The molecular weight excluding hydrogens is 420 g/mol. The highest BCUT2D eigenvalue weighted by molar-refractivity contribution is 5.91. The van der Waals surface area contributed by atoms with Crippen LogP contribution in [0.2, 0.25) is 0 Å². The molecule has 7 aliphatic rings. The molecule has 6 fully saturated rings. The first-order valence-corrected chi connectivity index (χ1v) is 14.5. The Morgan fingerprint density at radius 2 is 1.97 bits per heavy atom. The molecular formula is C30H46N2O2. The van der Waals surface area contributed by atoms with E-state index in [4.69, 9.17) is 10.5 Å². The molecule has 2 aliphatic heterocycles. The molecule has 11 atom stereocenters. The summed E-state index contributed by atoms with van der Waals surface area (Å²) in [5.41, 5.74) is 8.68. The summed E-state index contributed by atoms with van der Waals surface area (Å²) in [4.78, 5) is 14.9. The van der Waals surface area contributed by atoms with Crippen LogP contribution in [0.3, 0.4) is 0 Å². The van der Waals surface area contributed by atoms with Crippen molar-refractivity contribution in [3.63, 3.8) is 0 Å². The molecule has 5 aliphatic carbocycles. The highest BCUT2D eigenvalue weighted by Gasteiger charge is 2.84. The van der Waals surface area contributed by atoms with Gasteiger partial charge in [-0.2, -0.15) is 0 Å². The Labute approximate surface area is 206 Å². The smallest absolute Gasteiger partial charge is 0.155 e. The number of rotatable bonds is 2. The number of ether oxygens (including phenoxy) is 1. The molecule has 0 aromatic carbocycles. The first kappa shape index (κ1) is 22.5. The van der Waals surface area contributed by atoms with Crippen molar-refractivity contribution in [1.82, 2.24) is 4.90 Å². The van der Waals surface area contributed by atoms with Crippen LogP contribution >= 0.6 is 0 Å². The van der Waals surface area contributed by atoms with Crippen LogP contribution in [0.1, 0.15) is 85.5 Å². The second kappa shape index (κ2) is 6.98. The molecule has 0 aromatic rings. The predicted octanol–water partition coefficient (Wildman–Crippen LogP) is 4.96. The van der Waals surface area contributed by atoms with Crippen LogP contribution in [-0.4, -0.2) is 48.1 Å². The number of allylic oxidation sites excluding steroid dienone is 2. The highest BCUT2D eigenvalue weighted by atomic mass is 16.5. The normalized spacial score (nSPS) is 58.0. The first-order chi connectivity index (χ1) is 16.2. The molecule has 2 spiro atoms. The van der Waals surface area contributed by atoms with Gasteiger partial charge in [0, 0.05) is 43.4 Å². The molecule has 4 saturated carbocycles. The number of fused-ring (bicyclic) bond motifs is 6. The number of nitrogens with zero attached hydrogens (tertiary/aromatic N) is 1. The van der Waals surface area contributed by atoms with Crippen molar-refractivity contribution in [2.45, 2.75) is 103 Å². The van der Waals surface area contributed by atoms with Crippen molar-refractivity contribution in [3.8, 4) is 0 Å². The van der Waals surface area contributed by atoms with Gasteiger partial charge in [0.1, 0.15) is 0 Å². The third-order valence-electron chi connectivity index (χ3n) is 13.3. The molecule has 4 nitrogen and oxygen atoms in total. The minimum atomic E-state index is 0.0470. The molecule has 0 radical (unpaired) electrons. The van der Waals surface area contributed by atoms with Crippen LogP contribution in [0, 0.1) is 45.8 Å². The molecule has 4 unspecified atom stereocenters. The number of nitrogens with two attached hydrogens (primary N) is 1. The summed E-state index contributed by atoms with van der Waals surface area (Å²) in [7, 11) is 0. The Balaban J connectivity index is 1.23. The van der Waals surface area contributed by atoms with E-state index < -0.39 is 0 Å². The van der Waals surface area contributed by atoms with Crippen molar-refractivity contribution in [1.29, 1.82) is 0 Å². The van der Waals surface area contributed by atoms with E-state index in [9.17, 15) is 4.79 Å². The highest BCUT2D eigenvalue weighted by Crippen LogP contribution is 2.87. The van der Waals surface area contributed by atoms with Gasteiger partial charge >= 0.3 is 0 Å². The number of likely N-dealkylation sites (tertiary alicyclic amines) is 1. The van der Waals surface area contributed by atoms with E-state index in [1.165, 1.54) is 57.1 Å². The van der Waals surface area contributed by atoms with Crippen LogP contribution < -0.4 is 5.73 Å². The fraction of sp³-hybridized carbons (Fsp3) is 0.900. The minimum Gasteiger partial charge on any atom is -0.369 e. The van der Waals surface area contributed by atoms with Crippen LogP contribution in [0.4, 0.5) is 0 Å². The van der Waals surface area contributed by atoms with E-state index in [0.29, 0.717) is 40.6 Å². The number of hydrogen-bond donors (Lipinski definition) is 1. The Hall–Kier alpha value is -0.710. The standard InChI is InChI=1S/C30H46N2O2/c1-18-13-25-26(32(16-18)12-11-31)19(2)30(34-25)10-8-23-22-6-5-20-14-21(33)7-9-27(20,3)24(22)15-29(23)17-28(29,30)4/h14,18-19,22-26H,5-13,15-17,31H2,1-4H3/t18-,19+,22-,23?,24-,25?,26-,27-,28?,29?,30+/m0/s1. The SMILES string of the molecule is C[C@H]1CC2O[C@]3(CCC4[C@@H]5CCC6=CC(=O)CC[C@]6(C)[C@H]5CC45CC53C)[C@H](C)[C@@H]2N(CCN)C1. The Morgan fingerprint density at radius 3 is 2.76 bits per heavy atom. The molecule has 7 rings (SSSR count). The van der Waals surface area contributed by atoms with Gasteiger partial charge in [-0.05, 0) is 91.9 Å². The van der Waals surface area contributed by atoms with Gasteiger partial charge in [-0.3, -0.25) is 9.69 Å². The maximum Gasteiger partial charge on any atom is 0.155 e. The van der Waals surface area contributed by atoms with Gasteiger partial charge < -0.3 is 10.5 Å². The zero-order chi connectivity index (χ0) is 23.7. The molecule has 188 valence electrons. The second-order valence-electron chi connectivity index (χ2n) is 14.3. The Bertz CT molecular complexity index is 946. The number of carbonyl (C=O) groups excluding carboxylic acids is 1. The van der Waals surface area contributed by atoms with Crippen molar-refractivity contribution in [3.05, 3.63) is 11.6 Å². The fourth-order valence-corrected chi connectivity index (χ4v) is 11.8. The average molecular weight is 467 g/mol. The van der Waals surface area contributed by atoms with Crippen molar-refractivity contribution >= 4 is 5.78 Å². The molecule has 0 aromatic heterocycles. The van der Waals surface area contributed by atoms with Crippen molar-refractivity contribution in [2.75, 3.05) is 19.6 Å². The molecule has 0 bridgehead atoms. The van der Waals surface area contributed by atoms with Crippen molar-refractivity contribution < 1.29 is 9.53 Å². The molecule has 2 heterocycles. The quantitative estimate of drug-likeness (QED) is 0.625. The van der Waals surface area contributed by atoms with Crippen LogP contribution in [-0.2, 0) is 9.53 Å². The number of piperidine rings is 1. The van der Waals surface area contributed by atoms with Gasteiger partial charge in [0.2, 0.25) is 0 Å². The number of ketones is 1. The van der Waals surface area contributed by atoms with Crippen LogP contribution in [0.15, 0.2) is 11.6 Å². The van der Waals surface area contributed by atoms with E-state index >= 15 is 0 Å². The summed E-state index contributed by atoms with van der Waals surface area (Å²) in [5, 5.41) is 0. The van der Waals surface area contributed by atoms with Gasteiger partial charge in [0.25, 0.3) is 0 Å². The monoisotopic (exact) mass is 466 g/mol. The van der Waals surface area contributed by atoms with E-state index in [0.717, 1.165) is 43.7 Å². The van der Waals surface area contributed by atoms with Crippen molar-refractivity contribution in [2.24, 2.45) is 51.6 Å².